The summed E-state index contributed by atoms with van der Waals surface area (Å²) in [4.78, 5) is 0. The fourth-order valence-corrected chi connectivity index (χ4v) is 22.0. The maximum absolute atomic E-state index is 8.03. The molecule has 0 aliphatic heterocycles. The van der Waals surface area contributed by atoms with Crippen LogP contribution in [0.15, 0.2) is 0 Å². The lowest BCUT2D eigenvalue weighted by Gasteiger charge is -2.34. The molecule has 23 heteroatoms. The van der Waals surface area contributed by atoms with Crippen LogP contribution >= 0.6 is 267 Å². The predicted octanol–water partition coefficient (Wildman–Crippen LogP) is 32.7. The Kier molecular flexibility index (Phi) is 10.9. The Hall–Kier alpha value is -1.13. The van der Waals surface area contributed by atoms with Gasteiger partial charge in [-0.25, -0.2) is 0 Å². The van der Waals surface area contributed by atoms with Crippen LogP contribution in [0.5, 0.6) is 0 Å². The Labute approximate surface area is 581 Å². The van der Waals surface area contributed by atoms with E-state index in [1.165, 1.54) is 0 Å². The summed E-state index contributed by atoms with van der Waals surface area (Å²) >= 11 is 176. The topological polar surface area (TPSA) is 0 Å². The van der Waals surface area contributed by atoms with Gasteiger partial charge in [0.25, 0.3) is 0 Å². The zero-order valence-electron chi connectivity index (χ0n) is 39.7. The summed E-state index contributed by atoms with van der Waals surface area (Å²) in [6.45, 7) is 1.76. The van der Waals surface area contributed by atoms with Gasteiger partial charge in [0.2, 0.25) is 0 Å². The molecule has 0 aromatic heterocycles. The van der Waals surface area contributed by atoms with Crippen molar-refractivity contribution >= 4 is 461 Å². The molecule has 0 aliphatic rings. The molecule has 19 aromatic rings. The van der Waals surface area contributed by atoms with E-state index in [9.17, 15) is 0 Å². The van der Waals surface area contributed by atoms with Gasteiger partial charge in [-0.2, -0.15) is 0 Å². The summed E-state index contributed by atoms with van der Waals surface area (Å²) in [5.41, 5.74) is 0.467. The third-order valence-electron chi connectivity index (χ3n) is 18.4. The molecule has 0 amide bonds. The van der Waals surface area contributed by atoms with E-state index in [-0.39, 0.29) is 137 Å². The van der Waals surface area contributed by atoms with Crippen LogP contribution < -0.4 is 0 Å². The fraction of sp³-hybridized carbons (Fsp3) is 0.0164. The van der Waals surface area contributed by atoms with Crippen molar-refractivity contribution in [1.82, 2.24) is 0 Å². The molecule has 0 heterocycles. The average molecular weight is 1550 g/mol. The standard InChI is InChI=1S/C61H3Cl23/c1-2-39(62)33-27-15-9-3-4-6-8-7-5(3)11-17-19-13(7)25(46(69)52(75)31(19)37-35(54(77)58(81)60(83)56(37)79)29(17)50(73)44(67)23(11)21(9)42(65)48(27)71)26-14(8)20-18-12(6)24(22-10(4)16(15)28(49(72)43(22)66)34(33)41(64)40(2)63)45(68)51(74)30(18)36-38(32(20)53(76)47(26)70)57(80)61(84)59(82)55(36)78/h1H3. The Morgan fingerprint density at radius 2 is 0.179 bits per heavy atom. The summed E-state index contributed by atoms with van der Waals surface area (Å²) < 4.78 is 0. The summed E-state index contributed by atoms with van der Waals surface area (Å²) in [7, 11) is 0. The lowest BCUT2D eigenvalue weighted by atomic mass is 9.70. The van der Waals surface area contributed by atoms with E-state index < -0.39 is 0 Å². The highest BCUT2D eigenvalue weighted by Crippen LogP contribution is 2.72. The van der Waals surface area contributed by atoms with Gasteiger partial charge in [-0.05, 0) is 12.5 Å². The molecule has 0 saturated carbocycles. The van der Waals surface area contributed by atoms with Gasteiger partial charge in [-0.15, -0.1) is 0 Å². The van der Waals surface area contributed by atoms with Gasteiger partial charge in [-0.3, -0.25) is 0 Å². The molecule has 0 atom stereocenters. The van der Waals surface area contributed by atoms with Gasteiger partial charge >= 0.3 is 0 Å². The highest BCUT2D eigenvalue weighted by Gasteiger charge is 2.43. The van der Waals surface area contributed by atoms with Crippen LogP contribution in [0.25, 0.3) is 194 Å². The maximum atomic E-state index is 8.03. The van der Waals surface area contributed by atoms with Crippen molar-refractivity contribution in [2.75, 3.05) is 0 Å². The molecule has 0 radical (unpaired) electrons. The first kappa shape index (κ1) is 54.6. The molecule has 408 valence electrons. The SMILES string of the molecule is Cc1c(Cl)c(Cl)c2c(c1Cl)c1c(Cl)c(Cl)c3c4c(Cl)c(Cl)c5c6c(Cl)c(Cl)c(Cl)c(Cl)c6c6c(Cl)c(Cl)c7c8c(Cl)c(Cl)c9c%10c(Cl)c(Cl)c(Cl)c(Cl)c%10c%10c(Cl)c(Cl)c%11c%12c(Cl)c(Cl)c2c2c1c3c1c(c%122)c2c%11c%10c9c8c2c2c7c6c5c4c12. The van der Waals surface area contributed by atoms with Crippen LogP contribution in [0, 0.1) is 6.92 Å². The number of halogens is 23. The quantitative estimate of drug-likeness (QED) is 0.0614. The highest BCUT2D eigenvalue weighted by atomic mass is 35.5. The Bertz CT molecular complexity index is 5550. The molecule has 0 unspecified atom stereocenters. The Morgan fingerprint density at radius 3 is 0.321 bits per heavy atom. The van der Waals surface area contributed by atoms with Crippen molar-refractivity contribution in [1.29, 1.82) is 0 Å². The van der Waals surface area contributed by atoms with Crippen molar-refractivity contribution in [2.24, 2.45) is 0 Å². The van der Waals surface area contributed by atoms with Crippen LogP contribution in [0.3, 0.4) is 0 Å². The summed E-state index contributed by atoms with van der Waals surface area (Å²) in [5, 5.41) is 18.5. The van der Waals surface area contributed by atoms with E-state index in [1.807, 2.05) is 0 Å². The normalized spacial score (nSPS) is 13.7. The van der Waals surface area contributed by atoms with Crippen LogP contribution in [0.1, 0.15) is 5.56 Å². The van der Waals surface area contributed by atoms with Gasteiger partial charge in [0, 0.05) is 194 Å². The lowest BCUT2D eigenvalue weighted by Crippen LogP contribution is -2.05. The average Bonchev–Trinajstić information content (AvgIpc) is 0.637. The van der Waals surface area contributed by atoms with Crippen molar-refractivity contribution < 1.29 is 0 Å². The van der Waals surface area contributed by atoms with E-state index >= 15 is 0 Å². The minimum absolute atomic E-state index is 0.00651. The molecule has 0 fully saturated rings. The molecule has 0 spiro atoms. The number of hydrogen-bond donors (Lipinski definition) is 0. The second kappa shape index (κ2) is 16.7. The fourth-order valence-electron chi connectivity index (χ4n) is 15.7. The molecule has 19 aromatic carbocycles. The van der Waals surface area contributed by atoms with Gasteiger partial charge in [0.05, 0.1) is 116 Å². The summed E-state index contributed by atoms with van der Waals surface area (Å²) in [6.07, 6.45) is 0. The van der Waals surface area contributed by atoms with E-state index in [4.69, 9.17) is 267 Å². The second-order valence-electron chi connectivity index (χ2n) is 21.3. The number of benzene rings is 19. The lowest BCUT2D eigenvalue weighted by molar-refractivity contribution is 1.51. The molecule has 0 nitrogen and oxygen atoms in total. The van der Waals surface area contributed by atoms with Crippen LogP contribution in [0.4, 0.5) is 0 Å². The number of rotatable bonds is 0. The molecule has 0 N–H and O–H groups in total. The third kappa shape index (κ3) is 5.34. The minimum atomic E-state index is -0.0533. The van der Waals surface area contributed by atoms with Gasteiger partial charge in [0.15, 0.2) is 0 Å². The van der Waals surface area contributed by atoms with Crippen molar-refractivity contribution in [3.05, 3.63) is 121 Å². The largest absolute Gasteiger partial charge is 0.0833 e. The van der Waals surface area contributed by atoms with Crippen molar-refractivity contribution in [3.63, 3.8) is 0 Å². The zero-order valence-corrected chi connectivity index (χ0v) is 57.1. The molecule has 84 heavy (non-hydrogen) atoms. The minimum Gasteiger partial charge on any atom is -0.0833 e. The molecule has 19 rings (SSSR count). The molecular formula is C61H3Cl23. The smallest absolute Gasteiger partial charge is 0.0800 e. The molecular weight excluding hydrogens is 1550 g/mol. The summed E-state index contributed by atoms with van der Waals surface area (Å²) in [6, 6.07) is 0. The first-order valence-electron chi connectivity index (χ1n) is 24.3. The van der Waals surface area contributed by atoms with E-state index in [0.29, 0.717) is 178 Å². The first-order chi connectivity index (χ1) is 39.9. The van der Waals surface area contributed by atoms with E-state index in [1.54, 1.807) is 6.92 Å². The van der Waals surface area contributed by atoms with E-state index in [0.717, 1.165) is 0 Å². The zero-order chi connectivity index (χ0) is 58.6. The second-order valence-corrected chi connectivity index (χ2v) is 30.0. The Morgan fingerprint density at radius 1 is 0.0952 bits per heavy atom. The summed E-state index contributed by atoms with van der Waals surface area (Å²) in [5.74, 6) is 0. The maximum Gasteiger partial charge on any atom is 0.0800 e. The molecule has 0 bridgehead atoms. The Balaban J connectivity index is 1.35. The van der Waals surface area contributed by atoms with Crippen LogP contribution in [-0.2, 0) is 0 Å². The monoisotopic (exact) mass is 1540 g/mol. The van der Waals surface area contributed by atoms with Crippen molar-refractivity contribution in [3.8, 4) is 0 Å². The van der Waals surface area contributed by atoms with Gasteiger partial charge < -0.3 is 0 Å². The van der Waals surface area contributed by atoms with Gasteiger partial charge in [-0.1, -0.05) is 267 Å². The first-order valence-corrected chi connectivity index (χ1v) is 33.0. The van der Waals surface area contributed by atoms with E-state index in [2.05, 4.69) is 0 Å². The predicted molar refractivity (Wildman–Crippen MR) is 382 cm³/mol. The number of hydrogen-bond acceptors (Lipinski definition) is 0. The van der Waals surface area contributed by atoms with Gasteiger partial charge in [0.1, 0.15) is 0 Å². The number of fused-ring (bicyclic) bond motifs is 12. The van der Waals surface area contributed by atoms with Crippen LogP contribution in [0.2, 0.25) is 116 Å². The highest BCUT2D eigenvalue weighted by molar-refractivity contribution is 6.76. The van der Waals surface area contributed by atoms with Crippen molar-refractivity contribution in [2.45, 2.75) is 6.92 Å². The molecule has 0 aliphatic carbocycles. The molecule has 0 saturated heterocycles. The van der Waals surface area contributed by atoms with Crippen LogP contribution in [-0.4, -0.2) is 0 Å². The third-order valence-corrected chi connectivity index (χ3v) is 28.5.